The van der Waals surface area contributed by atoms with Gasteiger partial charge in [-0.05, 0) is 0 Å². The molecule has 2 aliphatic rings. The summed E-state index contributed by atoms with van der Waals surface area (Å²) < 4.78 is 40.1. The van der Waals surface area contributed by atoms with Crippen LogP contribution in [0.5, 0.6) is 0 Å². The Labute approximate surface area is 140 Å². The van der Waals surface area contributed by atoms with E-state index >= 15 is 0 Å². The second-order valence-electron chi connectivity index (χ2n) is 5.68. The van der Waals surface area contributed by atoms with E-state index in [-0.39, 0.29) is 11.5 Å². The van der Waals surface area contributed by atoms with Gasteiger partial charge in [-0.3, -0.25) is 4.55 Å². The molecule has 9 atom stereocenters. The lowest BCUT2D eigenvalue weighted by Gasteiger charge is -2.39. The van der Waals surface area contributed by atoms with Crippen LogP contribution in [-0.4, -0.2) is 110 Å². The molecule has 0 aliphatic carbocycles. The number of hydrogen-bond acceptors (Lipinski definition) is 10. The van der Waals surface area contributed by atoms with Crippen molar-refractivity contribution in [2.75, 3.05) is 18.1 Å². The largest absolute Gasteiger partial charge is 0.397 e. The summed E-state index contributed by atoms with van der Waals surface area (Å²) >= 11 is 0. The first-order valence-electron chi connectivity index (χ1n) is 7.03. The molecule has 2 aliphatic heterocycles. The van der Waals surface area contributed by atoms with E-state index in [9.17, 15) is 39.1 Å². The maximum atomic E-state index is 10.9. The number of aliphatic hydroxyl groups excluding tert-OH is 6. The van der Waals surface area contributed by atoms with E-state index in [2.05, 4.69) is 4.18 Å². The zero-order valence-electron chi connectivity index (χ0n) is 12.3. The number of hydrogen-bond donors (Lipinski definition) is 7. The molecule has 0 aromatic heterocycles. The first kappa shape index (κ1) is 20.3. The van der Waals surface area contributed by atoms with E-state index in [0.29, 0.717) is 0 Å². The Bertz CT molecular complexity index is 528. The van der Waals surface area contributed by atoms with Crippen molar-refractivity contribution in [2.24, 2.45) is 0 Å². The minimum atomic E-state index is -4.98. The Morgan fingerprint density at radius 2 is 1.71 bits per heavy atom. The van der Waals surface area contributed by atoms with Crippen molar-refractivity contribution in [2.45, 2.75) is 48.2 Å². The number of rotatable bonds is 5. The van der Waals surface area contributed by atoms with Crippen LogP contribution < -0.4 is 0 Å². The normalized spacial score (nSPS) is 47.0. The number of aliphatic hydroxyl groups is 6. The molecule has 0 bridgehead atoms. The van der Waals surface area contributed by atoms with Crippen molar-refractivity contribution in [1.29, 1.82) is 0 Å². The third-order valence-corrected chi connectivity index (χ3v) is 7.31. The smallest absolute Gasteiger partial charge is 0.391 e. The van der Waals surface area contributed by atoms with Gasteiger partial charge in [-0.1, -0.05) is 0 Å². The lowest BCUT2D eigenvalue weighted by molar-refractivity contribution is -0.272. The summed E-state index contributed by atoms with van der Waals surface area (Å²) in [4.78, 5) is 0. The van der Waals surface area contributed by atoms with Crippen LogP contribution in [0.4, 0.5) is 0 Å². The Hall–Kier alpha value is -0.0600. The highest BCUT2D eigenvalue weighted by Crippen LogP contribution is 2.30. The third kappa shape index (κ3) is 4.37. The molecule has 2 unspecified atom stereocenters. The Kier molecular flexibility index (Phi) is 6.47. The lowest BCUT2D eigenvalue weighted by Crippen LogP contribution is -2.60. The van der Waals surface area contributed by atoms with Crippen molar-refractivity contribution in [3.8, 4) is 0 Å². The summed E-state index contributed by atoms with van der Waals surface area (Å²) in [5.74, 6) is 0.0139. The molecular weight excluding hydrogens is 372 g/mol. The fraction of sp³-hybridized carbons (Fsp3) is 1.00. The molecule has 24 heavy (non-hydrogen) atoms. The van der Waals surface area contributed by atoms with Gasteiger partial charge in [0.05, 0.1) is 6.61 Å². The summed E-state index contributed by atoms with van der Waals surface area (Å²) in [6, 6.07) is 0. The maximum Gasteiger partial charge on any atom is 0.397 e. The molecule has 0 aromatic rings. The van der Waals surface area contributed by atoms with Crippen molar-refractivity contribution in [3.05, 3.63) is 0 Å². The maximum absolute atomic E-state index is 10.9. The summed E-state index contributed by atoms with van der Waals surface area (Å²) in [7, 11) is -5.83. The molecule has 142 valence electrons. The highest BCUT2D eigenvalue weighted by Gasteiger charge is 2.54. The van der Waals surface area contributed by atoms with Gasteiger partial charge in [0, 0.05) is 10.9 Å². The summed E-state index contributed by atoms with van der Waals surface area (Å²) in [6.45, 7) is -0.439. The predicted molar refractivity (Wildman–Crippen MR) is 79.3 cm³/mol. The minimum absolute atomic E-state index is 0.0830. The van der Waals surface area contributed by atoms with E-state index in [4.69, 9.17) is 9.29 Å². The Balaban J connectivity index is 2.18. The van der Waals surface area contributed by atoms with Gasteiger partial charge in [-0.25, -0.2) is 4.18 Å². The molecule has 0 amide bonds. The first-order chi connectivity index (χ1) is 11.0. The van der Waals surface area contributed by atoms with E-state index in [1.165, 1.54) is 0 Å². The lowest BCUT2D eigenvalue weighted by atomic mass is 10.0. The highest BCUT2D eigenvalue weighted by molar-refractivity contribution is 7.97. The van der Waals surface area contributed by atoms with Crippen molar-refractivity contribution < 1.29 is 52.5 Å². The standard InChI is InChI=1S/C11H20O11S2/c12-1-6-7(14)4(13)2-23(6)3-5-10(22-24(18,19)20)8(15)9(16)11(17)21-5/h4-17H,1-3H2/p+1/t4-,5-,6-,7+,8-,9-,10+,11?,23?/m1/s1. The highest BCUT2D eigenvalue weighted by atomic mass is 32.3. The van der Waals surface area contributed by atoms with Gasteiger partial charge in [0.1, 0.15) is 48.1 Å². The van der Waals surface area contributed by atoms with Gasteiger partial charge in [0.15, 0.2) is 11.5 Å². The summed E-state index contributed by atoms with van der Waals surface area (Å²) in [6.07, 6.45) is -10.8. The molecule has 2 rings (SSSR count). The van der Waals surface area contributed by atoms with Crippen molar-refractivity contribution in [3.63, 3.8) is 0 Å². The fourth-order valence-electron chi connectivity index (χ4n) is 2.82. The minimum Gasteiger partial charge on any atom is -0.391 e. The zero-order valence-corrected chi connectivity index (χ0v) is 14.0. The Morgan fingerprint density at radius 1 is 1.08 bits per heavy atom. The van der Waals surface area contributed by atoms with Crippen molar-refractivity contribution in [1.82, 2.24) is 0 Å². The topological polar surface area (TPSA) is 194 Å². The summed E-state index contributed by atoms with van der Waals surface area (Å²) in [5, 5.41) is 57.2. The van der Waals surface area contributed by atoms with E-state index < -0.39 is 76.1 Å². The second-order valence-corrected chi connectivity index (χ2v) is 9.08. The van der Waals surface area contributed by atoms with Crippen LogP contribution in [0.25, 0.3) is 0 Å². The molecule has 0 spiro atoms. The van der Waals surface area contributed by atoms with Gasteiger partial charge in [0.25, 0.3) is 0 Å². The van der Waals surface area contributed by atoms with Gasteiger partial charge in [0.2, 0.25) is 0 Å². The van der Waals surface area contributed by atoms with Gasteiger partial charge in [-0.15, -0.1) is 0 Å². The monoisotopic (exact) mass is 393 g/mol. The third-order valence-electron chi connectivity index (χ3n) is 4.04. The van der Waals surface area contributed by atoms with Crippen LogP contribution in [0.2, 0.25) is 0 Å². The molecule has 2 fully saturated rings. The first-order valence-corrected chi connectivity index (χ1v) is 10.0. The molecule has 2 saturated heterocycles. The van der Waals surface area contributed by atoms with Crippen LogP contribution in [0.3, 0.4) is 0 Å². The molecule has 0 aromatic carbocycles. The van der Waals surface area contributed by atoms with Gasteiger partial charge >= 0.3 is 10.4 Å². The van der Waals surface area contributed by atoms with Crippen LogP contribution in [-0.2, 0) is 30.2 Å². The molecule has 2 heterocycles. The van der Waals surface area contributed by atoms with Gasteiger partial charge < -0.3 is 35.4 Å². The second kappa shape index (κ2) is 7.67. The average molecular weight is 393 g/mol. The fourth-order valence-corrected chi connectivity index (χ4v) is 6.08. The average Bonchev–Trinajstić information content (AvgIpc) is 2.74. The van der Waals surface area contributed by atoms with Crippen molar-refractivity contribution >= 4 is 21.3 Å². The quantitative estimate of drug-likeness (QED) is 0.175. The van der Waals surface area contributed by atoms with Crippen LogP contribution >= 0.6 is 0 Å². The van der Waals surface area contributed by atoms with E-state index in [1.54, 1.807) is 0 Å². The molecular formula is C11H21O11S2+. The molecule has 0 saturated carbocycles. The molecule has 11 nitrogen and oxygen atoms in total. The van der Waals surface area contributed by atoms with Crippen LogP contribution in [0, 0.1) is 0 Å². The molecule has 0 radical (unpaired) electrons. The summed E-state index contributed by atoms with van der Waals surface area (Å²) in [5.41, 5.74) is 0. The zero-order chi connectivity index (χ0) is 18.2. The van der Waals surface area contributed by atoms with Crippen LogP contribution in [0.15, 0.2) is 0 Å². The Morgan fingerprint density at radius 3 is 2.25 bits per heavy atom. The SMILES string of the molecule is O=S(=O)(O)O[C@@H]1[C@H](O)[C@@H](O)C(O)O[C@@H]1C[S+]1C[C@@H](O)[C@H](O)[C@H]1CO. The molecule has 7 N–H and O–H groups in total. The van der Waals surface area contributed by atoms with E-state index in [0.717, 1.165) is 0 Å². The number of ether oxygens (including phenoxy) is 1. The molecule has 13 heteroatoms. The van der Waals surface area contributed by atoms with E-state index in [1.807, 2.05) is 0 Å². The van der Waals surface area contributed by atoms with Gasteiger partial charge in [-0.2, -0.15) is 8.42 Å². The predicted octanol–water partition coefficient (Wildman–Crippen LogP) is -4.67. The van der Waals surface area contributed by atoms with Crippen LogP contribution in [0.1, 0.15) is 0 Å².